The lowest BCUT2D eigenvalue weighted by molar-refractivity contribution is -0.145. The van der Waals surface area contributed by atoms with Crippen molar-refractivity contribution in [1.29, 1.82) is 5.41 Å². The van der Waals surface area contributed by atoms with Gasteiger partial charge in [0.05, 0.1) is 14.2 Å². The Morgan fingerprint density at radius 2 is 1.97 bits per heavy atom. The number of benzene rings is 1. The summed E-state index contributed by atoms with van der Waals surface area (Å²) in [5.74, 6) is -1.98. The molecule has 0 aliphatic rings. The van der Waals surface area contributed by atoms with Crippen molar-refractivity contribution in [3.8, 4) is 0 Å². The zero-order valence-electron chi connectivity index (χ0n) is 17.9. The van der Waals surface area contributed by atoms with Crippen molar-refractivity contribution < 1.29 is 24.9 Å². The SMILES string of the molecule is [2H]C(C)OC(=O)C(CNC(=O)CCC(=O)N(C)c1ccc(C(=N)N)cc1)c1ccco1. The number of amidine groups is 1. The summed E-state index contributed by atoms with van der Waals surface area (Å²) in [5, 5.41) is 10.0. The highest BCUT2D eigenvalue weighted by Gasteiger charge is 2.25. The van der Waals surface area contributed by atoms with E-state index in [1.54, 1.807) is 43.4 Å². The van der Waals surface area contributed by atoms with Crippen LogP contribution in [0.1, 0.15) is 38.4 Å². The summed E-state index contributed by atoms with van der Waals surface area (Å²) >= 11 is 0. The zero-order chi connectivity index (χ0) is 23.0. The molecule has 0 spiro atoms. The van der Waals surface area contributed by atoms with Crippen LogP contribution in [0.3, 0.4) is 0 Å². The summed E-state index contributed by atoms with van der Waals surface area (Å²) in [6.45, 7) is 0.290. The van der Waals surface area contributed by atoms with E-state index in [0.29, 0.717) is 17.0 Å². The van der Waals surface area contributed by atoms with Gasteiger partial charge in [0.2, 0.25) is 11.8 Å². The number of nitrogens with one attached hydrogen (secondary N) is 2. The molecule has 1 aromatic carbocycles. The number of hydrogen-bond acceptors (Lipinski definition) is 6. The van der Waals surface area contributed by atoms with Crippen LogP contribution in [0.25, 0.3) is 0 Å². The van der Waals surface area contributed by atoms with Crippen LogP contribution in [-0.2, 0) is 19.1 Å². The number of ether oxygens (including phenoxy) is 1. The zero-order valence-corrected chi connectivity index (χ0v) is 16.9. The number of esters is 1. The maximum atomic E-state index is 12.4. The number of nitrogens with zero attached hydrogens (tertiary/aromatic N) is 1. The molecule has 0 fully saturated rings. The molecule has 0 aliphatic heterocycles. The van der Waals surface area contributed by atoms with E-state index in [1.165, 1.54) is 18.1 Å². The van der Waals surface area contributed by atoms with Gasteiger partial charge in [-0.1, -0.05) is 0 Å². The van der Waals surface area contributed by atoms with Crippen molar-refractivity contribution in [2.24, 2.45) is 5.73 Å². The summed E-state index contributed by atoms with van der Waals surface area (Å²) in [7, 11) is 1.59. The minimum atomic E-state index is -1.04. The summed E-state index contributed by atoms with van der Waals surface area (Å²) in [6, 6.07) is 9.81. The predicted octanol–water partition coefficient (Wildman–Crippen LogP) is 1.77. The third kappa shape index (κ3) is 6.20. The van der Waals surface area contributed by atoms with Gasteiger partial charge in [0.25, 0.3) is 0 Å². The summed E-state index contributed by atoms with van der Waals surface area (Å²) in [5.41, 5.74) is 6.58. The molecular formula is C21H26N4O5. The van der Waals surface area contributed by atoms with Crippen LogP contribution in [0.5, 0.6) is 0 Å². The van der Waals surface area contributed by atoms with Crippen LogP contribution >= 0.6 is 0 Å². The molecule has 2 unspecified atom stereocenters. The molecule has 0 radical (unpaired) electrons. The minimum Gasteiger partial charge on any atom is -0.468 e. The third-order valence-electron chi connectivity index (χ3n) is 4.41. The number of furan rings is 1. The largest absolute Gasteiger partial charge is 0.468 e. The highest BCUT2D eigenvalue weighted by atomic mass is 16.5. The molecule has 2 atom stereocenters. The summed E-state index contributed by atoms with van der Waals surface area (Å²) in [6.07, 6.45) is 1.30. The van der Waals surface area contributed by atoms with Gasteiger partial charge < -0.3 is 25.1 Å². The molecule has 0 saturated heterocycles. The minimum absolute atomic E-state index is 0.0313. The summed E-state index contributed by atoms with van der Waals surface area (Å²) in [4.78, 5) is 38.2. The molecule has 0 aliphatic carbocycles. The van der Waals surface area contributed by atoms with Gasteiger partial charge in [-0.25, -0.2) is 0 Å². The fraction of sp³-hybridized carbons (Fsp3) is 0.333. The molecule has 4 N–H and O–H groups in total. The number of nitrogens with two attached hydrogens (primary N) is 1. The standard InChI is InChI=1S/C21H26N4O5/c1-3-29-21(28)16(17-5-4-12-30-17)13-24-18(26)10-11-19(27)25(2)15-8-6-14(7-9-15)20(22)23/h4-9,12,16H,3,10-11,13H2,1-2H3,(H3,22,23)(H,24,26)/i3D. The molecular weight excluding hydrogens is 388 g/mol. The van der Waals surface area contributed by atoms with Crippen molar-refractivity contribution in [3.63, 3.8) is 0 Å². The third-order valence-corrected chi connectivity index (χ3v) is 4.41. The summed E-state index contributed by atoms with van der Waals surface area (Å²) < 4.78 is 17.5. The topological polar surface area (TPSA) is 139 Å². The molecule has 0 saturated carbocycles. The van der Waals surface area contributed by atoms with Gasteiger partial charge in [0.15, 0.2) is 0 Å². The average Bonchev–Trinajstić information content (AvgIpc) is 3.25. The Morgan fingerprint density at radius 3 is 2.53 bits per heavy atom. The number of nitrogen functional groups attached to an aromatic ring is 1. The van der Waals surface area contributed by atoms with Gasteiger partial charge in [-0.3, -0.25) is 19.8 Å². The first kappa shape index (κ1) is 21.1. The van der Waals surface area contributed by atoms with Crippen molar-refractivity contribution in [2.45, 2.75) is 25.7 Å². The smallest absolute Gasteiger partial charge is 0.318 e. The lowest BCUT2D eigenvalue weighted by Crippen LogP contribution is -2.33. The second-order valence-electron chi connectivity index (χ2n) is 6.46. The van der Waals surface area contributed by atoms with Crippen LogP contribution in [0.15, 0.2) is 47.1 Å². The number of carbonyl (C=O) groups excluding carboxylic acids is 3. The predicted molar refractivity (Wildman–Crippen MR) is 111 cm³/mol. The van der Waals surface area contributed by atoms with Crippen molar-refractivity contribution in [1.82, 2.24) is 5.32 Å². The van der Waals surface area contributed by atoms with E-state index >= 15 is 0 Å². The van der Waals surface area contributed by atoms with Crippen LogP contribution in [0.4, 0.5) is 5.69 Å². The van der Waals surface area contributed by atoms with Crippen molar-refractivity contribution in [2.75, 3.05) is 25.1 Å². The van der Waals surface area contributed by atoms with Gasteiger partial charge in [-0.2, -0.15) is 0 Å². The lowest BCUT2D eigenvalue weighted by atomic mass is 10.1. The van der Waals surface area contributed by atoms with E-state index < -0.39 is 24.4 Å². The molecule has 2 aromatic rings. The van der Waals surface area contributed by atoms with Gasteiger partial charge in [0.1, 0.15) is 17.5 Å². The quantitative estimate of drug-likeness (QED) is 0.307. The first-order chi connectivity index (χ1) is 14.7. The van der Waals surface area contributed by atoms with Gasteiger partial charge in [-0.05, 0) is 43.3 Å². The average molecular weight is 415 g/mol. The van der Waals surface area contributed by atoms with E-state index in [1.807, 2.05) is 0 Å². The van der Waals surface area contributed by atoms with E-state index in [9.17, 15) is 14.4 Å². The molecule has 2 rings (SSSR count). The van der Waals surface area contributed by atoms with Crippen LogP contribution in [-0.4, -0.2) is 43.8 Å². The Balaban J connectivity index is 1.87. The maximum absolute atomic E-state index is 12.4. The molecule has 160 valence electrons. The van der Waals surface area contributed by atoms with Gasteiger partial charge in [0, 0.05) is 37.7 Å². The second-order valence-corrected chi connectivity index (χ2v) is 6.46. The fourth-order valence-corrected chi connectivity index (χ4v) is 2.69. The van der Waals surface area contributed by atoms with Crippen molar-refractivity contribution >= 4 is 29.3 Å². The molecule has 1 heterocycles. The van der Waals surface area contributed by atoms with Gasteiger partial charge in [-0.15, -0.1) is 0 Å². The molecule has 1 aromatic heterocycles. The van der Waals surface area contributed by atoms with Crippen LogP contribution in [0.2, 0.25) is 0 Å². The van der Waals surface area contributed by atoms with Gasteiger partial charge >= 0.3 is 5.97 Å². The van der Waals surface area contributed by atoms with E-state index in [4.69, 9.17) is 21.7 Å². The lowest BCUT2D eigenvalue weighted by Gasteiger charge is -2.18. The first-order valence-corrected chi connectivity index (χ1v) is 9.33. The highest BCUT2D eigenvalue weighted by molar-refractivity contribution is 5.97. The first-order valence-electron chi connectivity index (χ1n) is 9.90. The second kappa shape index (κ2) is 10.8. The fourth-order valence-electron chi connectivity index (χ4n) is 2.69. The Bertz CT molecular complexity index is 912. The Kier molecular flexibility index (Phi) is 7.59. The normalized spacial score (nSPS) is 12.9. The highest BCUT2D eigenvalue weighted by Crippen LogP contribution is 2.18. The molecule has 0 bridgehead atoms. The molecule has 9 nitrogen and oxygen atoms in total. The number of anilines is 1. The van der Waals surface area contributed by atoms with Crippen LogP contribution in [0, 0.1) is 5.41 Å². The number of carbonyl (C=O) groups is 3. The Labute approximate surface area is 176 Å². The van der Waals surface area contributed by atoms with E-state index in [2.05, 4.69) is 5.32 Å². The maximum Gasteiger partial charge on any atom is 0.318 e. The van der Waals surface area contributed by atoms with Crippen molar-refractivity contribution in [3.05, 3.63) is 54.0 Å². The van der Waals surface area contributed by atoms with E-state index in [-0.39, 0.29) is 31.1 Å². The monoisotopic (exact) mass is 415 g/mol. The van der Waals surface area contributed by atoms with E-state index in [0.717, 1.165) is 0 Å². The molecule has 30 heavy (non-hydrogen) atoms. The Morgan fingerprint density at radius 1 is 1.27 bits per heavy atom. The van der Waals surface area contributed by atoms with Crippen LogP contribution < -0.4 is 16.0 Å². The number of rotatable bonds is 10. The number of hydrogen-bond donors (Lipinski definition) is 3. The number of amides is 2. The molecule has 2 amide bonds. The molecule has 9 heteroatoms. The Hall–Kier alpha value is -3.62.